The second kappa shape index (κ2) is 5.53. The number of hydrogen-bond donors (Lipinski definition) is 0. The summed E-state index contributed by atoms with van der Waals surface area (Å²) >= 11 is 3.44. The third-order valence-corrected chi connectivity index (χ3v) is 4.40. The monoisotopic (exact) mass is 323 g/mol. The van der Waals surface area contributed by atoms with E-state index in [9.17, 15) is 4.79 Å². The molecule has 0 spiro atoms. The predicted octanol–water partition coefficient (Wildman–Crippen LogP) is 2.77. The molecule has 0 radical (unpaired) electrons. The molecule has 19 heavy (non-hydrogen) atoms. The normalized spacial score (nSPS) is 21.4. The van der Waals surface area contributed by atoms with Crippen molar-refractivity contribution in [3.05, 3.63) is 29.8 Å². The molecule has 1 fully saturated rings. The lowest BCUT2D eigenvalue weighted by molar-refractivity contribution is -0.141. The SMILES string of the molecule is O=C(C1Cc2ccccc2O1)N(CCBr)C1CCC1. The van der Waals surface area contributed by atoms with Gasteiger partial charge in [0.05, 0.1) is 0 Å². The van der Waals surface area contributed by atoms with Crippen LogP contribution in [0, 0.1) is 0 Å². The van der Waals surface area contributed by atoms with Gasteiger partial charge in [-0.3, -0.25) is 4.79 Å². The minimum Gasteiger partial charge on any atom is -0.480 e. The molecule has 1 aliphatic heterocycles. The average Bonchev–Trinajstić information content (AvgIpc) is 2.79. The van der Waals surface area contributed by atoms with Crippen molar-refractivity contribution < 1.29 is 9.53 Å². The number of nitrogens with zero attached hydrogens (tertiary/aromatic N) is 1. The van der Waals surface area contributed by atoms with Gasteiger partial charge in [-0.25, -0.2) is 0 Å². The molecule has 1 aliphatic carbocycles. The molecule has 4 heteroatoms. The number of halogens is 1. The van der Waals surface area contributed by atoms with Crippen LogP contribution >= 0.6 is 15.9 Å². The van der Waals surface area contributed by atoms with Gasteiger partial charge in [0.15, 0.2) is 6.10 Å². The molecular formula is C15H18BrNO2. The highest BCUT2D eigenvalue weighted by atomic mass is 79.9. The molecule has 1 saturated carbocycles. The van der Waals surface area contributed by atoms with Crippen molar-refractivity contribution in [2.24, 2.45) is 0 Å². The molecule has 1 aromatic carbocycles. The number of alkyl halides is 1. The highest BCUT2D eigenvalue weighted by Gasteiger charge is 2.36. The fourth-order valence-corrected chi connectivity index (χ4v) is 3.15. The topological polar surface area (TPSA) is 29.5 Å². The Labute approximate surface area is 122 Å². The summed E-state index contributed by atoms with van der Waals surface area (Å²) in [6.07, 6.45) is 3.90. The third-order valence-electron chi connectivity index (χ3n) is 4.05. The first kappa shape index (κ1) is 13.0. The van der Waals surface area contributed by atoms with Gasteiger partial charge < -0.3 is 9.64 Å². The fourth-order valence-electron chi connectivity index (χ4n) is 2.77. The van der Waals surface area contributed by atoms with E-state index in [0.717, 1.165) is 36.0 Å². The van der Waals surface area contributed by atoms with Gasteiger partial charge in [-0.2, -0.15) is 0 Å². The van der Waals surface area contributed by atoms with Crippen molar-refractivity contribution in [2.75, 3.05) is 11.9 Å². The molecule has 0 bridgehead atoms. The quantitative estimate of drug-likeness (QED) is 0.797. The van der Waals surface area contributed by atoms with Crippen LogP contribution in [-0.4, -0.2) is 34.8 Å². The number of benzene rings is 1. The van der Waals surface area contributed by atoms with E-state index >= 15 is 0 Å². The molecule has 3 nitrogen and oxygen atoms in total. The predicted molar refractivity (Wildman–Crippen MR) is 77.7 cm³/mol. The van der Waals surface area contributed by atoms with E-state index in [2.05, 4.69) is 15.9 Å². The minimum absolute atomic E-state index is 0.153. The first-order valence-electron chi connectivity index (χ1n) is 6.90. The molecule has 0 saturated heterocycles. The molecular weight excluding hydrogens is 306 g/mol. The number of rotatable bonds is 4. The van der Waals surface area contributed by atoms with Crippen LogP contribution < -0.4 is 4.74 Å². The Morgan fingerprint density at radius 1 is 1.37 bits per heavy atom. The number of para-hydroxylation sites is 1. The second-order valence-corrected chi connectivity index (χ2v) is 6.02. The van der Waals surface area contributed by atoms with E-state index in [1.165, 1.54) is 6.42 Å². The van der Waals surface area contributed by atoms with Crippen molar-refractivity contribution in [1.29, 1.82) is 0 Å². The summed E-state index contributed by atoms with van der Waals surface area (Å²) in [7, 11) is 0. The minimum atomic E-state index is -0.322. The highest BCUT2D eigenvalue weighted by Crippen LogP contribution is 2.31. The standard InChI is InChI=1S/C15H18BrNO2/c16-8-9-17(12-5-3-6-12)15(18)14-10-11-4-1-2-7-13(11)19-14/h1-2,4,7,12,14H,3,5-6,8-10H2. The van der Waals surface area contributed by atoms with Gasteiger partial charge in [-0.15, -0.1) is 0 Å². The number of ether oxygens (including phenoxy) is 1. The summed E-state index contributed by atoms with van der Waals surface area (Å²) in [6, 6.07) is 8.37. The molecule has 1 atom stereocenters. The Bertz CT molecular complexity index is 448. The Hall–Kier alpha value is -1.03. The largest absolute Gasteiger partial charge is 0.480 e. The maximum Gasteiger partial charge on any atom is 0.264 e. The third kappa shape index (κ3) is 2.50. The maximum absolute atomic E-state index is 12.6. The van der Waals surface area contributed by atoms with Gasteiger partial charge in [0.25, 0.3) is 5.91 Å². The van der Waals surface area contributed by atoms with E-state index in [4.69, 9.17) is 4.74 Å². The van der Waals surface area contributed by atoms with Gasteiger partial charge in [-0.1, -0.05) is 34.1 Å². The number of hydrogen-bond acceptors (Lipinski definition) is 2. The van der Waals surface area contributed by atoms with Crippen LogP contribution in [0.5, 0.6) is 5.75 Å². The lowest BCUT2D eigenvalue weighted by Crippen LogP contribution is -2.50. The summed E-state index contributed by atoms with van der Waals surface area (Å²) in [5, 5.41) is 0.828. The van der Waals surface area contributed by atoms with Crippen LogP contribution in [0.2, 0.25) is 0 Å². The zero-order valence-electron chi connectivity index (χ0n) is 10.8. The summed E-state index contributed by atoms with van der Waals surface area (Å²) in [6.45, 7) is 0.777. The Morgan fingerprint density at radius 2 is 2.16 bits per heavy atom. The van der Waals surface area contributed by atoms with Crippen molar-refractivity contribution in [1.82, 2.24) is 4.90 Å². The first-order chi connectivity index (χ1) is 9.29. The van der Waals surface area contributed by atoms with Crippen LogP contribution in [0.15, 0.2) is 24.3 Å². The fraction of sp³-hybridized carbons (Fsp3) is 0.533. The molecule has 1 heterocycles. The molecule has 0 N–H and O–H groups in total. The summed E-state index contributed by atoms with van der Waals surface area (Å²) in [5.74, 6) is 1.02. The Balaban J connectivity index is 1.70. The molecule has 1 amide bonds. The highest BCUT2D eigenvalue weighted by molar-refractivity contribution is 9.09. The zero-order chi connectivity index (χ0) is 13.2. The van der Waals surface area contributed by atoms with E-state index in [-0.39, 0.29) is 12.0 Å². The van der Waals surface area contributed by atoms with Crippen LogP contribution in [0.25, 0.3) is 0 Å². The smallest absolute Gasteiger partial charge is 0.264 e. The van der Waals surface area contributed by atoms with Crippen molar-refractivity contribution >= 4 is 21.8 Å². The lowest BCUT2D eigenvalue weighted by Gasteiger charge is -2.38. The van der Waals surface area contributed by atoms with Gasteiger partial charge in [0.2, 0.25) is 0 Å². The van der Waals surface area contributed by atoms with E-state index in [0.29, 0.717) is 12.5 Å². The Kier molecular flexibility index (Phi) is 3.78. The van der Waals surface area contributed by atoms with Crippen molar-refractivity contribution in [3.8, 4) is 5.75 Å². The van der Waals surface area contributed by atoms with Gasteiger partial charge in [0.1, 0.15) is 5.75 Å². The van der Waals surface area contributed by atoms with Crippen LogP contribution in [-0.2, 0) is 11.2 Å². The lowest BCUT2D eigenvalue weighted by atomic mass is 9.91. The number of carbonyl (C=O) groups excluding carboxylic acids is 1. The molecule has 1 aromatic rings. The number of fused-ring (bicyclic) bond motifs is 1. The molecule has 1 unspecified atom stereocenters. The van der Waals surface area contributed by atoms with Crippen molar-refractivity contribution in [2.45, 2.75) is 37.8 Å². The average molecular weight is 324 g/mol. The van der Waals surface area contributed by atoms with E-state index in [1.807, 2.05) is 29.2 Å². The molecule has 2 aliphatic rings. The van der Waals surface area contributed by atoms with E-state index < -0.39 is 0 Å². The second-order valence-electron chi connectivity index (χ2n) is 5.22. The summed E-state index contributed by atoms with van der Waals surface area (Å²) in [5.41, 5.74) is 1.15. The number of carbonyl (C=O) groups is 1. The summed E-state index contributed by atoms with van der Waals surface area (Å²) < 4.78 is 5.81. The van der Waals surface area contributed by atoms with Crippen LogP contribution in [0.3, 0.4) is 0 Å². The first-order valence-corrected chi connectivity index (χ1v) is 8.03. The maximum atomic E-state index is 12.6. The van der Waals surface area contributed by atoms with Gasteiger partial charge in [0, 0.05) is 24.3 Å². The van der Waals surface area contributed by atoms with Gasteiger partial charge in [-0.05, 0) is 30.9 Å². The van der Waals surface area contributed by atoms with E-state index in [1.54, 1.807) is 0 Å². The molecule has 102 valence electrons. The number of amides is 1. The zero-order valence-corrected chi connectivity index (χ0v) is 12.4. The van der Waals surface area contributed by atoms with Gasteiger partial charge >= 0.3 is 0 Å². The molecule has 0 aromatic heterocycles. The molecule has 3 rings (SSSR count). The Morgan fingerprint density at radius 3 is 2.79 bits per heavy atom. The van der Waals surface area contributed by atoms with Crippen molar-refractivity contribution in [3.63, 3.8) is 0 Å². The van der Waals surface area contributed by atoms with Crippen LogP contribution in [0.4, 0.5) is 0 Å². The van der Waals surface area contributed by atoms with Crippen LogP contribution in [0.1, 0.15) is 24.8 Å². The summed E-state index contributed by atoms with van der Waals surface area (Å²) in [4.78, 5) is 14.6.